The van der Waals surface area contributed by atoms with Crippen LogP contribution < -0.4 is 5.32 Å². The van der Waals surface area contributed by atoms with Crippen LogP contribution in [-0.2, 0) is 11.2 Å². The first-order valence-corrected chi connectivity index (χ1v) is 9.37. The summed E-state index contributed by atoms with van der Waals surface area (Å²) in [6.45, 7) is 0. The average Bonchev–Trinajstić information content (AvgIpc) is 3.14. The van der Waals surface area contributed by atoms with Crippen molar-refractivity contribution >= 4 is 39.9 Å². The van der Waals surface area contributed by atoms with E-state index in [-0.39, 0.29) is 18.3 Å². The number of para-hydroxylation sites is 1. The summed E-state index contributed by atoms with van der Waals surface area (Å²) >= 11 is 1.71. The lowest BCUT2D eigenvalue weighted by Crippen LogP contribution is -2.48. The summed E-state index contributed by atoms with van der Waals surface area (Å²) in [7, 11) is 1.98. The van der Waals surface area contributed by atoms with Crippen molar-refractivity contribution in [3.63, 3.8) is 0 Å². The first-order valence-electron chi connectivity index (χ1n) is 8.55. The highest BCUT2D eigenvalue weighted by Crippen LogP contribution is 2.29. The van der Waals surface area contributed by atoms with Crippen molar-refractivity contribution in [2.24, 2.45) is 0 Å². The number of hydrogen-bond acceptors (Lipinski definition) is 4. The van der Waals surface area contributed by atoms with Crippen molar-refractivity contribution in [3.8, 4) is 0 Å². The van der Waals surface area contributed by atoms with Gasteiger partial charge < -0.3 is 10.2 Å². The van der Waals surface area contributed by atoms with Gasteiger partial charge >= 0.3 is 0 Å². The Morgan fingerprint density at radius 2 is 2.00 bits per heavy atom. The Bertz CT molecular complexity index is 674. The molecule has 2 aromatic rings. The van der Waals surface area contributed by atoms with Crippen molar-refractivity contribution in [1.82, 2.24) is 15.2 Å². The van der Waals surface area contributed by atoms with Gasteiger partial charge in [0.1, 0.15) is 0 Å². The van der Waals surface area contributed by atoms with E-state index in [1.165, 1.54) is 17.5 Å². The second kappa shape index (κ2) is 7.38. The quantitative estimate of drug-likeness (QED) is 0.903. The number of nitrogens with zero attached hydrogens (tertiary/aromatic N) is 2. The second-order valence-corrected chi connectivity index (χ2v) is 7.96. The number of aryl methyl sites for hydroxylation is 1. The summed E-state index contributed by atoms with van der Waals surface area (Å²) in [6.07, 6.45) is 6.08. The Morgan fingerprint density at radius 3 is 2.71 bits per heavy atom. The Morgan fingerprint density at radius 1 is 1.29 bits per heavy atom. The molecule has 0 radical (unpaired) electrons. The van der Waals surface area contributed by atoms with Gasteiger partial charge in [-0.25, -0.2) is 4.98 Å². The molecule has 1 N–H and O–H groups in total. The van der Waals surface area contributed by atoms with Crippen LogP contribution >= 0.6 is 23.7 Å². The number of rotatable bonds is 4. The SMILES string of the molecule is CN(C(=O)CCc1nc2ccccc2s1)C1CC2CCC(C1)N2.Cl. The molecule has 2 unspecified atom stereocenters. The van der Waals surface area contributed by atoms with Crippen LogP contribution in [0.15, 0.2) is 24.3 Å². The summed E-state index contributed by atoms with van der Waals surface area (Å²) in [4.78, 5) is 19.2. The molecule has 2 atom stereocenters. The molecule has 130 valence electrons. The first-order chi connectivity index (χ1) is 11.2. The number of benzene rings is 1. The Balaban J connectivity index is 0.00000169. The highest BCUT2D eigenvalue weighted by atomic mass is 35.5. The summed E-state index contributed by atoms with van der Waals surface area (Å²) < 4.78 is 1.21. The Kier molecular flexibility index (Phi) is 5.42. The van der Waals surface area contributed by atoms with E-state index in [9.17, 15) is 4.79 Å². The van der Waals surface area contributed by atoms with Gasteiger partial charge in [0.25, 0.3) is 0 Å². The van der Waals surface area contributed by atoms with Gasteiger partial charge in [0.2, 0.25) is 5.91 Å². The third-order valence-electron chi connectivity index (χ3n) is 5.28. The van der Waals surface area contributed by atoms with E-state index in [1.54, 1.807) is 11.3 Å². The number of fused-ring (bicyclic) bond motifs is 3. The monoisotopic (exact) mass is 365 g/mol. The van der Waals surface area contributed by atoms with Crippen LogP contribution in [0.2, 0.25) is 0 Å². The standard InChI is InChI=1S/C18H23N3OS.ClH/c1-21(14-10-12-6-7-13(11-14)19-12)18(22)9-8-17-20-15-4-2-3-5-16(15)23-17;/h2-5,12-14,19H,6-11H2,1H3;1H. The van der Waals surface area contributed by atoms with Gasteiger partial charge in [-0.3, -0.25) is 4.79 Å². The number of carbonyl (C=O) groups excluding carboxylic acids is 1. The normalized spacial score (nSPS) is 25.5. The number of carbonyl (C=O) groups is 1. The summed E-state index contributed by atoms with van der Waals surface area (Å²) in [5, 5.41) is 4.71. The van der Waals surface area contributed by atoms with Gasteiger partial charge in [0.05, 0.1) is 15.2 Å². The Hall–Kier alpha value is -1.17. The summed E-state index contributed by atoms with van der Waals surface area (Å²) in [6, 6.07) is 9.84. The van der Waals surface area contributed by atoms with Crippen molar-refractivity contribution in [2.75, 3.05) is 7.05 Å². The smallest absolute Gasteiger partial charge is 0.222 e. The van der Waals surface area contributed by atoms with Crippen molar-refractivity contribution in [3.05, 3.63) is 29.3 Å². The molecule has 2 saturated heterocycles. The molecule has 1 aromatic heterocycles. The third-order valence-corrected chi connectivity index (χ3v) is 6.38. The fourth-order valence-corrected chi connectivity index (χ4v) is 4.93. The lowest BCUT2D eigenvalue weighted by Gasteiger charge is -2.35. The highest BCUT2D eigenvalue weighted by molar-refractivity contribution is 7.18. The maximum Gasteiger partial charge on any atom is 0.222 e. The van der Waals surface area contributed by atoms with Gasteiger partial charge in [-0.1, -0.05) is 12.1 Å². The second-order valence-electron chi connectivity index (χ2n) is 6.84. The molecule has 2 aliphatic rings. The van der Waals surface area contributed by atoms with Gasteiger partial charge in [-0.2, -0.15) is 0 Å². The van der Waals surface area contributed by atoms with Crippen LogP contribution in [0.1, 0.15) is 37.1 Å². The molecule has 2 fully saturated rings. The van der Waals surface area contributed by atoms with Crippen LogP contribution in [0.4, 0.5) is 0 Å². The van der Waals surface area contributed by atoms with E-state index in [0.29, 0.717) is 24.5 Å². The topological polar surface area (TPSA) is 45.2 Å². The molecule has 3 heterocycles. The molecule has 4 rings (SSSR count). The zero-order valence-corrected chi connectivity index (χ0v) is 15.5. The molecule has 4 nitrogen and oxygen atoms in total. The minimum Gasteiger partial charge on any atom is -0.343 e. The van der Waals surface area contributed by atoms with E-state index < -0.39 is 0 Å². The zero-order valence-electron chi connectivity index (χ0n) is 13.9. The number of amides is 1. The molecule has 1 amide bonds. The van der Waals surface area contributed by atoms with Crippen LogP contribution in [0.3, 0.4) is 0 Å². The molecule has 0 saturated carbocycles. The largest absolute Gasteiger partial charge is 0.343 e. The molecule has 2 bridgehead atoms. The molecule has 1 aromatic carbocycles. The molecular weight excluding hydrogens is 342 g/mol. The number of thiazole rings is 1. The van der Waals surface area contributed by atoms with E-state index in [4.69, 9.17) is 0 Å². The maximum atomic E-state index is 12.5. The lowest BCUT2D eigenvalue weighted by atomic mass is 9.98. The Labute approximate surface area is 153 Å². The zero-order chi connectivity index (χ0) is 15.8. The number of aromatic nitrogens is 1. The molecule has 24 heavy (non-hydrogen) atoms. The molecule has 0 aliphatic carbocycles. The number of nitrogens with one attached hydrogen (secondary N) is 1. The van der Waals surface area contributed by atoms with Crippen molar-refractivity contribution in [1.29, 1.82) is 0 Å². The number of piperidine rings is 1. The van der Waals surface area contributed by atoms with Crippen molar-refractivity contribution in [2.45, 2.75) is 56.7 Å². The van der Waals surface area contributed by atoms with E-state index in [2.05, 4.69) is 16.4 Å². The van der Waals surface area contributed by atoms with Crippen molar-refractivity contribution < 1.29 is 4.79 Å². The third kappa shape index (κ3) is 3.58. The lowest BCUT2D eigenvalue weighted by molar-refractivity contribution is -0.132. The number of hydrogen-bond donors (Lipinski definition) is 1. The van der Waals surface area contributed by atoms with E-state index >= 15 is 0 Å². The highest BCUT2D eigenvalue weighted by Gasteiger charge is 2.36. The minimum absolute atomic E-state index is 0. The molecule has 2 aliphatic heterocycles. The van der Waals surface area contributed by atoms with Gasteiger partial charge in [-0.05, 0) is 37.8 Å². The summed E-state index contributed by atoms with van der Waals surface area (Å²) in [5.41, 5.74) is 1.04. The number of halogens is 1. The average molecular weight is 366 g/mol. The predicted octanol–water partition coefficient (Wildman–Crippen LogP) is 3.39. The maximum absolute atomic E-state index is 12.5. The van der Waals surface area contributed by atoms with E-state index in [0.717, 1.165) is 29.8 Å². The fourth-order valence-electron chi connectivity index (χ4n) is 3.96. The van der Waals surface area contributed by atoms with Crippen LogP contribution in [0.25, 0.3) is 10.2 Å². The van der Waals surface area contributed by atoms with Crippen LogP contribution in [-0.4, -0.2) is 41.0 Å². The van der Waals surface area contributed by atoms with Gasteiger partial charge in [0, 0.05) is 38.0 Å². The molecule has 0 spiro atoms. The predicted molar refractivity (Wildman–Crippen MR) is 101 cm³/mol. The van der Waals surface area contributed by atoms with E-state index in [1.807, 2.05) is 30.1 Å². The fraction of sp³-hybridized carbons (Fsp3) is 0.556. The summed E-state index contributed by atoms with van der Waals surface area (Å²) in [5.74, 6) is 0.260. The first kappa shape index (κ1) is 17.6. The molecule has 6 heteroatoms. The van der Waals surface area contributed by atoms with Gasteiger partial charge in [0.15, 0.2) is 0 Å². The van der Waals surface area contributed by atoms with Gasteiger partial charge in [-0.15, -0.1) is 23.7 Å². The minimum atomic E-state index is 0. The molecular formula is C18H24ClN3OS. The van der Waals surface area contributed by atoms with Crippen LogP contribution in [0, 0.1) is 0 Å². The van der Waals surface area contributed by atoms with Crippen LogP contribution in [0.5, 0.6) is 0 Å².